The van der Waals surface area contributed by atoms with Crippen molar-refractivity contribution in [2.75, 3.05) is 26.8 Å². The third kappa shape index (κ3) is 4.64. The van der Waals surface area contributed by atoms with Crippen molar-refractivity contribution in [3.63, 3.8) is 0 Å². The molecule has 2 aromatic carbocycles. The molecule has 11 nitrogen and oxygen atoms in total. The summed E-state index contributed by atoms with van der Waals surface area (Å²) in [6.45, 7) is 2.25. The summed E-state index contributed by atoms with van der Waals surface area (Å²) in [6, 6.07) is 15.9. The Morgan fingerprint density at radius 1 is 1.15 bits per heavy atom. The molecule has 1 unspecified atom stereocenters. The second-order valence-electron chi connectivity index (χ2n) is 8.04. The minimum Gasteiger partial charge on any atom is -0.383 e. The summed E-state index contributed by atoms with van der Waals surface area (Å²) in [6.07, 6.45) is 1.43. The van der Waals surface area contributed by atoms with Crippen molar-refractivity contribution in [2.45, 2.75) is 19.0 Å². The number of aromatic nitrogens is 4. The highest BCUT2D eigenvalue weighted by Crippen LogP contribution is 2.30. The fourth-order valence-electron chi connectivity index (χ4n) is 3.81. The number of nitrogens with zero attached hydrogens (tertiary/aromatic N) is 6. The van der Waals surface area contributed by atoms with Crippen molar-refractivity contribution in [1.82, 2.24) is 35.3 Å². The molecule has 176 valence electrons. The minimum absolute atomic E-state index is 0.332. The van der Waals surface area contributed by atoms with Crippen molar-refractivity contribution in [1.29, 1.82) is 0 Å². The lowest BCUT2D eigenvalue weighted by Crippen LogP contribution is -2.45. The van der Waals surface area contributed by atoms with Crippen LogP contribution >= 0.6 is 0 Å². The highest BCUT2D eigenvalue weighted by molar-refractivity contribution is 6.09. The van der Waals surface area contributed by atoms with Gasteiger partial charge in [0.15, 0.2) is 0 Å². The molecule has 1 aliphatic rings. The molecule has 0 spiro atoms. The lowest BCUT2D eigenvalue weighted by molar-refractivity contribution is -0.139. The third-order valence-corrected chi connectivity index (χ3v) is 5.74. The predicted octanol–water partition coefficient (Wildman–Crippen LogP) is 1.10. The first-order valence-electron chi connectivity index (χ1n) is 10.7. The van der Waals surface area contributed by atoms with Crippen LogP contribution in [0.25, 0.3) is 5.69 Å². The number of nitrogens with one attached hydrogen (secondary N) is 1. The summed E-state index contributed by atoms with van der Waals surface area (Å²) in [4.78, 5) is 41.8. The highest BCUT2D eigenvalue weighted by atomic mass is 16.5. The van der Waals surface area contributed by atoms with E-state index in [-0.39, 0.29) is 12.5 Å². The Bertz CT molecular complexity index is 1170. The van der Waals surface area contributed by atoms with Crippen LogP contribution in [0.1, 0.15) is 18.1 Å². The van der Waals surface area contributed by atoms with Gasteiger partial charge in [-0.1, -0.05) is 42.5 Å². The van der Waals surface area contributed by atoms with E-state index in [1.165, 1.54) is 11.0 Å². The molecule has 0 aliphatic carbocycles. The Hall–Kier alpha value is -4.12. The maximum atomic E-state index is 13.4. The second kappa shape index (κ2) is 9.79. The van der Waals surface area contributed by atoms with Gasteiger partial charge in [0.25, 0.3) is 5.91 Å². The number of imide groups is 1. The molecule has 34 heavy (non-hydrogen) atoms. The van der Waals surface area contributed by atoms with Gasteiger partial charge < -0.3 is 15.0 Å². The van der Waals surface area contributed by atoms with Gasteiger partial charge in [0.05, 0.1) is 12.3 Å². The fraction of sp³-hybridized carbons (Fsp3) is 0.304. The summed E-state index contributed by atoms with van der Waals surface area (Å²) in [7, 11) is 1.55. The van der Waals surface area contributed by atoms with Gasteiger partial charge >= 0.3 is 6.03 Å². The van der Waals surface area contributed by atoms with Crippen LogP contribution in [-0.4, -0.2) is 74.7 Å². The van der Waals surface area contributed by atoms with Gasteiger partial charge in [0.2, 0.25) is 5.91 Å². The standard InChI is InChI=1S/C23H25N7O4/c1-23(18-9-6-10-19(13-18)30-16-24-26-27-30)21(32)29(22(33)25-23)15-20(31)28(11-12-34-2)14-17-7-4-3-5-8-17/h3-10,13,16H,11-12,14-15H2,1-2H3,(H,25,33). The lowest BCUT2D eigenvalue weighted by Gasteiger charge is -2.25. The molecule has 0 saturated carbocycles. The van der Waals surface area contributed by atoms with E-state index < -0.39 is 17.5 Å². The lowest BCUT2D eigenvalue weighted by atomic mass is 9.91. The maximum Gasteiger partial charge on any atom is 0.325 e. The number of tetrazole rings is 1. The average Bonchev–Trinajstić information content (AvgIpc) is 3.46. The molecule has 11 heteroatoms. The largest absolute Gasteiger partial charge is 0.383 e. The summed E-state index contributed by atoms with van der Waals surface area (Å²) >= 11 is 0. The Kier molecular flexibility index (Phi) is 6.64. The van der Waals surface area contributed by atoms with E-state index in [0.29, 0.717) is 30.9 Å². The first-order valence-corrected chi connectivity index (χ1v) is 10.7. The summed E-state index contributed by atoms with van der Waals surface area (Å²) in [5.74, 6) is -0.859. The molecule has 1 aromatic heterocycles. The number of urea groups is 1. The van der Waals surface area contributed by atoms with Crippen LogP contribution < -0.4 is 5.32 Å². The number of hydrogen-bond donors (Lipinski definition) is 1. The van der Waals surface area contributed by atoms with Crippen LogP contribution in [0, 0.1) is 0 Å². The molecule has 4 amide bonds. The predicted molar refractivity (Wildman–Crippen MR) is 120 cm³/mol. The molecule has 1 atom stereocenters. The number of benzene rings is 2. The molecule has 2 heterocycles. The van der Waals surface area contributed by atoms with Gasteiger partial charge in [-0.25, -0.2) is 9.48 Å². The first-order chi connectivity index (χ1) is 16.4. The van der Waals surface area contributed by atoms with Gasteiger partial charge in [0, 0.05) is 20.2 Å². The Morgan fingerprint density at radius 3 is 2.65 bits per heavy atom. The van der Waals surface area contributed by atoms with Crippen molar-refractivity contribution in [3.8, 4) is 5.69 Å². The Morgan fingerprint density at radius 2 is 1.94 bits per heavy atom. The van der Waals surface area contributed by atoms with E-state index in [1.54, 1.807) is 43.2 Å². The maximum absolute atomic E-state index is 13.4. The van der Waals surface area contributed by atoms with Crippen LogP contribution in [0.15, 0.2) is 60.9 Å². The number of amides is 4. The average molecular weight is 463 g/mol. The smallest absolute Gasteiger partial charge is 0.325 e. The van der Waals surface area contributed by atoms with Crippen molar-refractivity contribution in [2.24, 2.45) is 0 Å². The summed E-state index contributed by atoms with van der Waals surface area (Å²) < 4.78 is 6.59. The van der Waals surface area contributed by atoms with Crippen LogP contribution in [-0.2, 0) is 26.4 Å². The third-order valence-electron chi connectivity index (χ3n) is 5.74. The van der Waals surface area contributed by atoms with Gasteiger partial charge in [-0.05, 0) is 40.6 Å². The zero-order valence-corrected chi connectivity index (χ0v) is 18.9. The zero-order chi connectivity index (χ0) is 24.1. The number of carbonyl (C=O) groups is 3. The van der Waals surface area contributed by atoms with Crippen LogP contribution in [0.4, 0.5) is 4.79 Å². The van der Waals surface area contributed by atoms with Crippen LogP contribution in [0.3, 0.4) is 0 Å². The van der Waals surface area contributed by atoms with Gasteiger partial charge in [0.1, 0.15) is 18.4 Å². The molecular weight excluding hydrogens is 438 g/mol. The topological polar surface area (TPSA) is 123 Å². The van der Waals surface area contributed by atoms with Crippen molar-refractivity contribution < 1.29 is 19.1 Å². The van der Waals surface area contributed by atoms with Crippen LogP contribution in [0.5, 0.6) is 0 Å². The number of rotatable bonds is 9. The number of ether oxygens (including phenoxy) is 1. The molecule has 1 fully saturated rings. The van der Waals surface area contributed by atoms with Crippen LogP contribution in [0.2, 0.25) is 0 Å². The van der Waals surface area contributed by atoms with Gasteiger partial charge in [-0.3, -0.25) is 14.5 Å². The molecule has 0 bridgehead atoms. The quantitative estimate of drug-likeness (QED) is 0.472. The highest BCUT2D eigenvalue weighted by Gasteiger charge is 2.49. The van der Waals surface area contributed by atoms with Crippen molar-refractivity contribution >= 4 is 17.8 Å². The van der Waals surface area contributed by atoms with E-state index in [1.807, 2.05) is 30.3 Å². The summed E-state index contributed by atoms with van der Waals surface area (Å²) in [5.41, 5.74) is 0.787. The van der Waals surface area contributed by atoms with E-state index in [9.17, 15) is 14.4 Å². The molecule has 1 N–H and O–H groups in total. The molecule has 1 saturated heterocycles. The van der Waals surface area contributed by atoms with E-state index in [4.69, 9.17) is 4.74 Å². The zero-order valence-electron chi connectivity index (χ0n) is 18.9. The van der Waals surface area contributed by atoms with E-state index >= 15 is 0 Å². The summed E-state index contributed by atoms with van der Waals surface area (Å²) in [5, 5.41) is 13.8. The normalized spacial score (nSPS) is 17.6. The van der Waals surface area contributed by atoms with Crippen molar-refractivity contribution in [3.05, 3.63) is 72.1 Å². The molecule has 0 radical (unpaired) electrons. The number of methoxy groups -OCH3 is 1. The van der Waals surface area contributed by atoms with E-state index in [2.05, 4.69) is 20.8 Å². The second-order valence-corrected chi connectivity index (χ2v) is 8.04. The number of carbonyl (C=O) groups excluding carboxylic acids is 3. The first kappa shape index (κ1) is 23.1. The molecule has 3 aromatic rings. The fourth-order valence-corrected chi connectivity index (χ4v) is 3.81. The molecule has 1 aliphatic heterocycles. The molecular formula is C23H25N7O4. The van der Waals surface area contributed by atoms with E-state index in [0.717, 1.165) is 10.5 Å². The SMILES string of the molecule is COCCN(Cc1ccccc1)C(=O)CN1C(=O)NC(C)(c2cccc(-n3cnnn3)c2)C1=O. The Labute approximate surface area is 196 Å². The molecule has 4 rings (SSSR count). The van der Waals surface area contributed by atoms with Gasteiger partial charge in [-0.15, -0.1) is 5.10 Å². The number of hydrogen-bond acceptors (Lipinski definition) is 7. The minimum atomic E-state index is -1.34. The van der Waals surface area contributed by atoms with Gasteiger partial charge in [-0.2, -0.15) is 0 Å². The Balaban J connectivity index is 1.52. The monoisotopic (exact) mass is 463 g/mol.